The van der Waals surface area contributed by atoms with Gasteiger partial charge in [-0.2, -0.15) is 13.2 Å². The summed E-state index contributed by atoms with van der Waals surface area (Å²) >= 11 is 10.2. The van der Waals surface area contributed by atoms with Gasteiger partial charge in [0.2, 0.25) is 5.91 Å². The largest absolute Gasteiger partial charge is 0.495 e. The first-order valence-corrected chi connectivity index (χ1v) is 13.9. The van der Waals surface area contributed by atoms with Crippen LogP contribution in [0.25, 0.3) is 6.08 Å². The number of anilines is 1. The fraction of sp³-hybridized carbons (Fsp3) is 0.179. The van der Waals surface area contributed by atoms with Gasteiger partial charge in [-0.25, -0.2) is 0 Å². The van der Waals surface area contributed by atoms with Crippen LogP contribution in [-0.4, -0.2) is 42.7 Å². The summed E-state index contributed by atoms with van der Waals surface area (Å²) in [5.74, 6) is -0.912. The minimum Gasteiger partial charge on any atom is -0.495 e. The van der Waals surface area contributed by atoms with Crippen molar-refractivity contribution in [1.82, 2.24) is 4.90 Å². The van der Waals surface area contributed by atoms with Gasteiger partial charge in [0.05, 0.1) is 30.4 Å². The predicted molar refractivity (Wildman–Crippen MR) is 156 cm³/mol. The zero-order valence-electron chi connectivity index (χ0n) is 21.9. The number of nitrogens with one attached hydrogen (secondary N) is 1. The number of carbonyl (C=O) groups excluding carboxylic acids is 3. The molecule has 0 unspecified atom stereocenters. The third kappa shape index (κ3) is 7.20. The van der Waals surface area contributed by atoms with Gasteiger partial charge in [0, 0.05) is 15.1 Å². The fourth-order valence-electron chi connectivity index (χ4n) is 3.80. The molecule has 4 rings (SSSR count). The Morgan fingerprint density at radius 1 is 1.05 bits per heavy atom. The highest BCUT2D eigenvalue weighted by molar-refractivity contribution is 9.10. The van der Waals surface area contributed by atoms with E-state index in [9.17, 15) is 27.6 Å². The average Bonchev–Trinajstić information content (AvgIpc) is 3.20. The molecule has 0 aromatic heterocycles. The molecule has 3 aromatic rings. The van der Waals surface area contributed by atoms with Crippen molar-refractivity contribution < 1.29 is 41.8 Å². The highest BCUT2D eigenvalue weighted by Gasteiger charge is 2.37. The zero-order valence-corrected chi connectivity index (χ0v) is 25.0. The summed E-state index contributed by atoms with van der Waals surface area (Å²) in [5, 5.41) is 2.10. The molecule has 14 heteroatoms. The molecule has 1 saturated heterocycles. The van der Waals surface area contributed by atoms with E-state index in [4.69, 9.17) is 25.8 Å². The first kappa shape index (κ1) is 31.3. The van der Waals surface area contributed by atoms with E-state index in [2.05, 4.69) is 21.2 Å². The van der Waals surface area contributed by atoms with Gasteiger partial charge in [-0.05, 0) is 59.8 Å². The molecule has 0 saturated carbocycles. The Hall–Kier alpha value is -3.68. The van der Waals surface area contributed by atoms with Crippen molar-refractivity contribution in [3.8, 4) is 17.2 Å². The maximum absolute atomic E-state index is 13.1. The summed E-state index contributed by atoms with van der Waals surface area (Å²) in [6, 6.07) is 13.0. The standard InChI is InChI=1S/C28H21BrClF3N2O6S/c1-39-21-8-7-17(28(31,32)33)11-20(21)34-25(36)13-35-26(37)24(42-27(35)38)10-16-9-22(40-2)23(12-18(16)29)41-14-15-5-3-4-6-19(15)30/h3-12H,13-14H2,1-2H3,(H,34,36)/b24-10-. The van der Waals surface area contributed by atoms with Crippen molar-refractivity contribution in [3.05, 3.63) is 85.7 Å². The molecule has 1 N–H and O–H groups in total. The molecule has 1 fully saturated rings. The SMILES string of the molecule is COc1ccc(C(F)(F)F)cc1NC(=O)CN1C(=O)S/C(=C\c2cc(OC)c(OCc3ccccc3Cl)cc2Br)C1=O. The highest BCUT2D eigenvalue weighted by Crippen LogP contribution is 2.39. The van der Waals surface area contributed by atoms with Crippen LogP contribution in [0.5, 0.6) is 17.2 Å². The summed E-state index contributed by atoms with van der Waals surface area (Å²) in [5.41, 5.74) is -0.00655. The molecule has 0 radical (unpaired) electrons. The first-order chi connectivity index (χ1) is 19.9. The Bertz CT molecular complexity index is 1580. The van der Waals surface area contributed by atoms with Crippen molar-refractivity contribution >= 4 is 68.1 Å². The van der Waals surface area contributed by atoms with Crippen LogP contribution in [0.2, 0.25) is 5.02 Å². The predicted octanol–water partition coefficient (Wildman–Crippen LogP) is 7.39. The molecule has 0 spiro atoms. The molecule has 220 valence electrons. The smallest absolute Gasteiger partial charge is 0.416 e. The Morgan fingerprint density at radius 2 is 1.76 bits per heavy atom. The number of carbonyl (C=O) groups is 3. The average molecular weight is 686 g/mol. The van der Waals surface area contributed by atoms with E-state index in [0.717, 1.165) is 17.7 Å². The van der Waals surface area contributed by atoms with E-state index in [1.807, 2.05) is 12.1 Å². The number of hydrogen-bond acceptors (Lipinski definition) is 7. The maximum Gasteiger partial charge on any atom is 0.416 e. The Morgan fingerprint density at radius 3 is 2.43 bits per heavy atom. The van der Waals surface area contributed by atoms with Gasteiger partial charge < -0.3 is 19.5 Å². The topological polar surface area (TPSA) is 94.2 Å². The van der Waals surface area contributed by atoms with Gasteiger partial charge >= 0.3 is 6.18 Å². The number of hydrogen-bond donors (Lipinski definition) is 1. The van der Waals surface area contributed by atoms with Crippen molar-refractivity contribution in [2.75, 3.05) is 26.1 Å². The molecular weight excluding hydrogens is 665 g/mol. The minimum absolute atomic E-state index is 0.0246. The number of halogens is 5. The van der Waals surface area contributed by atoms with Crippen molar-refractivity contribution in [3.63, 3.8) is 0 Å². The number of nitrogens with zero attached hydrogens (tertiary/aromatic N) is 1. The summed E-state index contributed by atoms with van der Waals surface area (Å²) in [6.45, 7) is -0.546. The summed E-state index contributed by atoms with van der Waals surface area (Å²) in [6.07, 6.45) is -3.21. The van der Waals surface area contributed by atoms with E-state index in [1.54, 1.807) is 24.3 Å². The van der Waals surface area contributed by atoms with Crippen molar-refractivity contribution in [2.45, 2.75) is 12.8 Å². The quantitative estimate of drug-likeness (QED) is 0.235. The van der Waals surface area contributed by atoms with Crippen LogP contribution in [0.1, 0.15) is 16.7 Å². The van der Waals surface area contributed by atoms with Gasteiger partial charge in [0.25, 0.3) is 11.1 Å². The Labute approximate surface area is 255 Å². The molecule has 3 aromatic carbocycles. The molecule has 1 heterocycles. The first-order valence-electron chi connectivity index (χ1n) is 12.0. The molecular formula is C28H21BrClF3N2O6S. The second-order valence-corrected chi connectivity index (χ2v) is 10.9. The second kappa shape index (κ2) is 13.1. The van der Waals surface area contributed by atoms with Crippen LogP contribution in [-0.2, 0) is 22.4 Å². The lowest BCUT2D eigenvalue weighted by Crippen LogP contribution is -2.36. The van der Waals surface area contributed by atoms with Crippen LogP contribution < -0.4 is 19.5 Å². The number of ether oxygens (including phenoxy) is 3. The van der Waals surface area contributed by atoms with Crippen LogP contribution in [0.3, 0.4) is 0 Å². The van der Waals surface area contributed by atoms with Gasteiger partial charge in [-0.3, -0.25) is 19.3 Å². The zero-order chi connectivity index (χ0) is 30.6. The lowest BCUT2D eigenvalue weighted by molar-refractivity contribution is -0.137. The lowest BCUT2D eigenvalue weighted by atomic mass is 10.1. The number of amides is 3. The molecule has 8 nitrogen and oxygen atoms in total. The van der Waals surface area contributed by atoms with Gasteiger partial charge in [0.1, 0.15) is 18.9 Å². The Balaban J connectivity index is 1.49. The minimum atomic E-state index is -4.65. The molecule has 0 atom stereocenters. The van der Waals surface area contributed by atoms with E-state index in [-0.39, 0.29) is 22.9 Å². The van der Waals surface area contributed by atoms with Crippen LogP contribution in [0, 0.1) is 0 Å². The van der Waals surface area contributed by atoms with E-state index in [0.29, 0.717) is 49.3 Å². The third-order valence-electron chi connectivity index (χ3n) is 5.89. The third-order valence-corrected chi connectivity index (χ3v) is 7.85. The van der Waals surface area contributed by atoms with Gasteiger partial charge in [0.15, 0.2) is 11.5 Å². The van der Waals surface area contributed by atoms with Crippen LogP contribution in [0.15, 0.2) is 64.0 Å². The number of alkyl halides is 3. The highest BCUT2D eigenvalue weighted by atomic mass is 79.9. The monoisotopic (exact) mass is 684 g/mol. The molecule has 1 aliphatic rings. The molecule has 3 amide bonds. The van der Waals surface area contributed by atoms with E-state index >= 15 is 0 Å². The lowest BCUT2D eigenvalue weighted by Gasteiger charge is -2.16. The maximum atomic E-state index is 13.1. The van der Waals surface area contributed by atoms with Gasteiger partial charge in [-0.15, -0.1) is 0 Å². The van der Waals surface area contributed by atoms with Crippen molar-refractivity contribution in [2.24, 2.45) is 0 Å². The number of benzene rings is 3. The molecule has 0 bridgehead atoms. The second-order valence-electron chi connectivity index (χ2n) is 8.63. The number of methoxy groups -OCH3 is 2. The van der Waals surface area contributed by atoms with Crippen LogP contribution >= 0.6 is 39.3 Å². The summed E-state index contributed by atoms with van der Waals surface area (Å²) in [7, 11) is 2.67. The normalized spacial score (nSPS) is 14.4. The molecule has 42 heavy (non-hydrogen) atoms. The van der Waals surface area contributed by atoms with Crippen molar-refractivity contribution in [1.29, 1.82) is 0 Å². The van der Waals surface area contributed by atoms with E-state index < -0.39 is 35.3 Å². The van der Waals surface area contributed by atoms with Crippen LogP contribution in [0.4, 0.5) is 23.7 Å². The number of imide groups is 1. The van der Waals surface area contributed by atoms with E-state index in [1.165, 1.54) is 20.3 Å². The number of rotatable bonds is 9. The fourth-order valence-corrected chi connectivity index (χ4v) is 5.25. The molecule has 0 aliphatic carbocycles. The Kier molecular flexibility index (Phi) is 9.74. The van der Waals surface area contributed by atoms with Gasteiger partial charge in [-0.1, -0.05) is 45.7 Å². The number of thioether (sulfide) groups is 1. The summed E-state index contributed by atoms with van der Waals surface area (Å²) in [4.78, 5) is 39.0. The molecule has 1 aliphatic heterocycles. The summed E-state index contributed by atoms with van der Waals surface area (Å²) < 4.78 is 56.3.